The number of rotatable bonds is 5. The molecular weight excluding hydrogens is 424 g/mol. The zero-order valence-corrected chi connectivity index (χ0v) is 18.2. The first-order chi connectivity index (χ1) is 15.9. The SMILES string of the molecule is Cc1ccc(N2C(=O)N(CC(=O)N3N=C(c4ccco4)C[C@H]3c3ccco3)C(=O)[C@H]2C)cc1. The molecule has 0 unspecified atom stereocenters. The minimum absolute atomic E-state index is 0.389. The molecule has 1 saturated heterocycles. The van der Waals surface area contributed by atoms with E-state index in [4.69, 9.17) is 8.83 Å². The number of hydrogen-bond donors (Lipinski definition) is 0. The highest BCUT2D eigenvalue weighted by Gasteiger charge is 2.46. The zero-order valence-electron chi connectivity index (χ0n) is 18.2. The molecule has 0 saturated carbocycles. The highest BCUT2D eigenvalue weighted by molar-refractivity contribution is 6.15. The molecule has 9 nitrogen and oxygen atoms in total. The van der Waals surface area contributed by atoms with Crippen molar-refractivity contribution in [3.63, 3.8) is 0 Å². The van der Waals surface area contributed by atoms with Crippen molar-refractivity contribution in [1.82, 2.24) is 9.91 Å². The first-order valence-electron chi connectivity index (χ1n) is 10.6. The van der Waals surface area contributed by atoms with Crippen LogP contribution in [0.15, 0.2) is 75.0 Å². The van der Waals surface area contributed by atoms with Crippen LogP contribution in [0.2, 0.25) is 0 Å². The summed E-state index contributed by atoms with van der Waals surface area (Å²) in [7, 11) is 0. The van der Waals surface area contributed by atoms with Crippen molar-refractivity contribution in [2.45, 2.75) is 32.4 Å². The van der Waals surface area contributed by atoms with Crippen molar-refractivity contribution in [1.29, 1.82) is 0 Å². The van der Waals surface area contributed by atoms with Crippen molar-refractivity contribution in [2.24, 2.45) is 5.10 Å². The number of imide groups is 1. The largest absolute Gasteiger partial charge is 0.467 e. The van der Waals surface area contributed by atoms with E-state index in [9.17, 15) is 14.4 Å². The summed E-state index contributed by atoms with van der Waals surface area (Å²) < 4.78 is 11.0. The second kappa shape index (κ2) is 8.09. The molecule has 1 aromatic carbocycles. The van der Waals surface area contributed by atoms with Crippen LogP contribution in [0.1, 0.15) is 36.5 Å². The van der Waals surface area contributed by atoms with Crippen LogP contribution >= 0.6 is 0 Å². The van der Waals surface area contributed by atoms with Crippen LogP contribution in [0, 0.1) is 6.92 Å². The lowest BCUT2D eigenvalue weighted by atomic mass is 10.1. The topological polar surface area (TPSA) is 99.6 Å². The molecule has 0 bridgehead atoms. The summed E-state index contributed by atoms with van der Waals surface area (Å²) in [6.07, 6.45) is 3.45. The van der Waals surface area contributed by atoms with E-state index >= 15 is 0 Å². The van der Waals surface area contributed by atoms with Crippen LogP contribution < -0.4 is 4.90 Å². The molecule has 2 atom stereocenters. The molecule has 4 amide bonds. The van der Waals surface area contributed by atoms with Gasteiger partial charge in [-0.2, -0.15) is 5.10 Å². The Balaban J connectivity index is 1.39. The molecular formula is C24H22N4O5. The van der Waals surface area contributed by atoms with E-state index < -0.39 is 36.5 Å². The van der Waals surface area contributed by atoms with Crippen LogP contribution in [-0.4, -0.2) is 46.1 Å². The first-order valence-corrected chi connectivity index (χ1v) is 10.6. The summed E-state index contributed by atoms with van der Waals surface area (Å²) in [5.74, 6) is 0.187. The van der Waals surface area contributed by atoms with Gasteiger partial charge >= 0.3 is 6.03 Å². The van der Waals surface area contributed by atoms with Crippen molar-refractivity contribution >= 4 is 29.2 Å². The van der Waals surface area contributed by atoms with Crippen LogP contribution in [-0.2, 0) is 9.59 Å². The molecule has 168 valence electrons. The maximum atomic E-state index is 13.3. The average Bonchev–Trinajstić information content (AvgIpc) is 3.60. The second-order valence-corrected chi connectivity index (χ2v) is 8.09. The Labute approximate surface area is 189 Å². The van der Waals surface area contributed by atoms with Gasteiger partial charge in [-0.05, 0) is 50.2 Å². The summed E-state index contributed by atoms with van der Waals surface area (Å²) in [5.41, 5.74) is 2.23. The Morgan fingerprint density at radius 2 is 1.79 bits per heavy atom. The predicted octanol–water partition coefficient (Wildman–Crippen LogP) is 3.72. The fourth-order valence-electron chi connectivity index (χ4n) is 4.15. The van der Waals surface area contributed by atoms with Gasteiger partial charge in [0.05, 0.1) is 12.5 Å². The van der Waals surface area contributed by atoms with E-state index in [0.29, 0.717) is 29.3 Å². The Hall–Kier alpha value is -4.14. The van der Waals surface area contributed by atoms with Crippen LogP contribution in [0.4, 0.5) is 10.5 Å². The second-order valence-electron chi connectivity index (χ2n) is 8.09. The van der Waals surface area contributed by atoms with E-state index in [0.717, 1.165) is 10.5 Å². The van der Waals surface area contributed by atoms with Gasteiger partial charge < -0.3 is 8.83 Å². The number of urea groups is 1. The Morgan fingerprint density at radius 3 is 2.45 bits per heavy atom. The quantitative estimate of drug-likeness (QED) is 0.556. The summed E-state index contributed by atoms with van der Waals surface area (Å²) in [5, 5.41) is 5.72. The van der Waals surface area contributed by atoms with Gasteiger partial charge in [0, 0.05) is 12.1 Å². The third-order valence-corrected chi connectivity index (χ3v) is 5.90. The third kappa shape index (κ3) is 3.61. The maximum Gasteiger partial charge on any atom is 0.332 e. The highest BCUT2D eigenvalue weighted by Crippen LogP contribution is 2.34. The number of hydrogen-bond acceptors (Lipinski definition) is 6. The van der Waals surface area contributed by atoms with E-state index in [2.05, 4.69) is 5.10 Å². The lowest BCUT2D eigenvalue weighted by Crippen LogP contribution is -2.42. The molecule has 33 heavy (non-hydrogen) atoms. The Bertz CT molecular complexity index is 1210. The van der Waals surface area contributed by atoms with E-state index in [-0.39, 0.29) is 0 Å². The molecule has 0 spiro atoms. The first kappa shape index (κ1) is 20.7. The standard InChI is InChI=1S/C24H22N4O5/c1-15-7-9-17(10-8-15)27-16(2)23(30)26(24(27)31)14-22(29)28-19(21-6-4-12-33-21)13-18(25-28)20-5-3-11-32-20/h3-12,16,19H,13-14H2,1-2H3/t16-,19+/m1/s1. The zero-order chi connectivity index (χ0) is 23.1. The van der Waals surface area contributed by atoms with Gasteiger partial charge in [0.15, 0.2) is 0 Å². The number of hydrazone groups is 1. The number of carbonyl (C=O) groups is 3. The van der Waals surface area contributed by atoms with Crippen LogP contribution in [0.25, 0.3) is 0 Å². The number of anilines is 1. The lowest BCUT2D eigenvalue weighted by molar-refractivity contribution is -0.138. The van der Waals surface area contributed by atoms with E-state index in [1.54, 1.807) is 43.3 Å². The van der Waals surface area contributed by atoms with Gasteiger partial charge in [-0.1, -0.05) is 17.7 Å². The molecule has 2 aliphatic rings. The van der Waals surface area contributed by atoms with Crippen LogP contribution in [0.3, 0.4) is 0 Å². The number of nitrogens with zero attached hydrogens (tertiary/aromatic N) is 4. The van der Waals surface area contributed by atoms with E-state index in [1.165, 1.54) is 22.4 Å². The summed E-state index contributed by atoms with van der Waals surface area (Å²) in [6, 6.07) is 12.6. The maximum absolute atomic E-state index is 13.3. The fraction of sp³-hybridized carbons (Fsp3) is 0.250. The minimum Gasteiger partial charge on any atom is -0.467 e. The van der Waals surface area contributed by atoms with E-state index in [1.807, 2.05) is 19.1 Å². The number of carbonyl (C=O) groups excluding carboxylic acids is 3. The predicted molar refractivity (Wildman–Crippen MR) is 118 cm³/mol. The third-order valence-electron chi connectivity index (χ3n) is 5.90. The van der Waals surface area contributed by atoms with Gasteiger partial charge in [-0.25, -0.2) is 9.80 Å². The van der Waals surface area contributed by atoms with Crippen molar-refractivity contribution in [3.8, 4) is 0 Å². The number of aryl methyl sites for hydroxylation is 1. The number of amides is 4. The molecule has 5 rings (SSSR count). The Kier molecular flexibility index (Phi) is 5.08. The monoisotopic (exact) mass is 446 g/mol. The summed E-state index contributed by atoms with van der Waals surface area (Å²) >= 11 is 0. The molecule has 0 N–H and O–H groups in total. The molecule has 3 aromatic rings. The fourth-order valence-corrected chi connectivity index (χ4v) is 4.15. The summed E-state index contributed by atoms with van der Waals surface area (Å²) in [4.78, 5) is 41.7. The van der Waals surface area contributed by atoms with Gasteiger partial charge in [-0.3, -0.25) is 19.4 Å². The minimum atomic E-state index is -0.713. The molecule has 2 aliphatic heterocycles. The lowest BCUT2D eigenvalue weighted by Gasteiger charge is -2.22. The molecule has 4 heterocycles. The molecule has 1 fully saturated rings. The van der Waals surface area contributed by atoms with Gasteiger partial charge in [0.1, 0.15) is 35.9 Å². The molecule has 9 heteroatoms. The normalized spacial score (nSPS) is 20.7. The van der Waals surface area contributed by atoms with Crippen LogP contribution in [0.5, 0.6) is 0 Å². The van der Waals surface area contributed by atoms with Crippen molar-refractivity contribution in [2.75, 3.05) is 11.4 Å². The molecule has 2 aromatic heterocycles. The number of benzene rings is 1. The Morgan fingerprint density at radius 1 is 1.06 bits per heavy atom. The smallest absolute Gasteiger partial charge is 0.332 e. The average molecular weight is 446 g/mol. The van der Waals surface area contributed by atoms with Gasteiger partial charge in [-0.15, -0.1) is 0 Å². The molecule has 0 aliphatic carbocycles. The van der Waals surface area contributed by atoms with Gasteiger partial charge in [0.25, 0.3) is 11.8 Å². The van der Waals surface area contributed by atoms with Crippen molar-refractivity contribution < 1.29 is 23.2 Å². The highest BCUT2D eigenvalue weighted by atomic mass is 16.3. The molecule has 0 radical (unpaired) electrons. The summed E-state index contributed by atoms with van der Waals surface area (Å²) in [6.45, 7) is 3.17. The van der Waals surface area contributed by atoms with Crippen molar-refractivity contribution in [3.05, 3.63) is 78.1 Å². The number of furan rings is 2. The van der Waals surface area contributed by atoms with Gasteiger partial charge in [0.2, 0.25) is 0 Å².